The van der Waals surface area contributed by atoms with Crippen LogP contribution in [0.5, 0.6) is 0 Å². The molecular weight excluding hydrogens is 321 g/mol. The molecule has 3 rings (SSSR count). The molecule has 6 heteroatoms. The Bertz CT molecular complexity index is 690. The molecule has 1 saturated heterocycles. The zero-order chi connectivity index (χ0) is 17.5. The first-order chi connectivity index (χ1) is 12.2. The largest absolute Gasteiger partial charge is 0.379 e. The smallest absolute Gasteiger partial charge is 0.319 e. The van der Waals surface area contributed by atoms with Crippen molar-refractivity contribution in [2.75, 3.05) is 38.2 Å². The lowest BCUT2D eigenvalue weighted by Gasteiger charge is -2.31. The highest BCUT2D eigenvalue weighted by Crippen LogP contribution is 2.16. The average molecular weight is 343 g/mol. The minimum Gasteiger partial charge on any atom is -0.379 e. The summed E-state index contributed by atoms with van der Waals surface area (Å²) >= 11 is 0. The molecular formula is C19H22FN3O2. The van der Waals surface area contributed by atoms with Crippen molar-refractivity contribution in [3.05, 3.63) is 66.0 Å². The quantitative estimate of drug-likeness (QED) is 0.877. The predicted octanol–water partition coefficient (Wildman–Crippen LogP) is 3.02. The molecule has 0 bridgehead atoms. The number of ether oxygens (including phenoxy) is 1. The zero-order valence-electron chi connectivity index (χ0n) is 14.0. The van der Waals surface area contributed by atoms with E-state index in [0.29, 0.717) is 25.4 Å². The Labute approximate surface area is 146 Å². The van der Waals surface area contributed by atoms with Crippen LogP contribution in [0.1, 0.15) is 11.6 Å². The average Bonchev–Trinajstić information content (AvgIpc) is 2.63. The third-order valence-electron chi connectivity index (χ3n) is 4.13. The van der Waals surface area contributed by atoms with Gasteiger partial charge >= 0.3 is 6.03 Å². The van der Waals surface area contributed by atoms with E-state index in [2.05, 4.69) is 15.5 Å². The van der Waals surface area contributed by atoms with E-state index in [9.17, 15) is 9.18 Å². The highest BCUT2D eigenvalue weighted by Gasteiger charge is 2.20. The Hall–Kier alpha value is -2.44. The lowest BCUT2D eigenvalue weighted by atomic mass is 10.1. The van der Waals surface area contributed by atoms with Crippen LogP contribution in [0, 0.1) is 5.82 Å². The molecule has 1 aliphatic heterocycles. The standard InChI is InChI=1S/C19H22FN3O2/c20-16-7-4-8-17(13-16)21-19(24)22-18(15-5-2-1-3-6-15)14-23-9-11-25-12-10-23/h1-8,13,18H,9-12,14H2,(H2,21,22,24). The Morgan fingerprint density at radius 1 is 1.12 bits per heavy atom. The third kappa shape index (κ3) is 5.27. The molecule has 2 amide bonds. The van der Waals surface area contributed by atoms with Crippen LogP contribution in [0.3, 0.4) is 0 Å². The number of urea groups is 1. The van der Waals surface area contributed by atoms with Gasteiger partial charge in [0, 0.05) is 25.3 Å². The molecule has 0 aliphatic carbocycles. The van der Waals surface area contributed by atoms with Gasteiger partial charge in [0.2, 0.25) is 0 Å². The summed E-state index contributed by atoms with van der Waals surface area (Å²) in [6.45, 7) is 3.80. The topological polar surface area (TPSA) is 53.6 Å². The van der Waals surface area contributed by atoms with Crippen LogP contribution in [0.15, 0.2) is 54.6 Å². The van der Waals surface area contributed by atoms with Gasteiger partial charge in [-0.1, -0.05) is 36.4 Å². The van der Waals surface area contributed by atoms with Gasteiger partial charge in [-0.15, -0.1) is 0 Å². The minimum atomic E-state index is -0.384. The van der Waals surface area contributed by atoms with Gasteiger partial charge in [0.15, 0.2) is 0 Å². The van der Waals surface area contributed by atoms with E-state index in [-0.39, 0.29) is 17.9 Å². The molecule has 1 heterocycles. The summed E-state index contributed by atoms with van der Waals surface area (Å²) < 4.78 is 18.6. The Morgan fingerprint density at radius 3 is 2.60 bits per heavy atom. The van der Waals surface area contributed by atoms with Crippen molar-refractivity contribution in [3.8, 4) is 0 Å². The predicted molar refractivity (Wildman–Crippen MR) is 95.0 cm³/mol. The van der Waals surface area contributed by atoms with Crippen molar-refractivity contribution < 1.29 is 13.9 Å². The maximum atomic E-state index is 13.3. The van der Waals surface area contributed by atoms with E-state index < -0.39 is 0 Å². The third-order valence-corrected chi connectivity index (χ3v) is 4.13. The highest BCUT2D eigenvalue weighted by atomic mass is 19.1. The van der Waals surface area contributed by atoms with Gasteiger partial charge in [-0.05, 0) is 23.8 Å². The van der Waals surface area contributed by atoms with E-state index in [4.69, 9.17) is 4.74 Å². The number of carbonyl (C=O) groups is 1. The number of nitrogens with one attached hydrogen (secondary N) is 2. The Balaban J connectivity index is 1.67. The van der Waals surface area contributed by atoms with Gasteiger partial charge < -0.3 is 15.4 Å². The van der Waals surface area contributed by atoms with Crippen molar-refractivity contribution in [1.82, 2.24) is 10.2 Å². The molecule has 0 radical (unpaired) electrons. The number of carbonyl (C=O) groups excluding carboxylic acids is 1. The molecule has 0 spiro atoms. The van der Waals surface area contributed by atoms with Crippen molar-refractivity contribution in [2.24, 2.45) is 0 Å². The molecule has 0 aromatic heterocycles. The number of anilines is 1. The van der Waals surface area contributed by atoms with Gasteiger partial charge in [-0.25, -0.2) is 9.18 Å². The van der Waals surface area contributed by atoms with Crippen LogP contribution in [-0.2, 0) is 4.74 Å². The molecule has 2 aromatic carbocycles. The van der Waals surface area contributed by atoms with Gasteiger partial charge in [-0.3, -0.25) is 4.90 Å². The van der Waals surface area contributed by atoms with Crippen LogP contribution >= 0.6 is 0 Å². The molecule has 132 valence electrons. The monoisotopic (exact) mass is 343 g/mol. The normalized spacial score (nSPS) is 16.2. The summed E-state index contributed by atoms with van der Waals surface area (Å²) in [6, 6.07) is 15.2. The lowest BCUT2D eigenvalue weighted by molar-refractivity contribution is 0.0340. The van der Waals surface area contributed by atoms with Crippen LogP contribution < -0.4 is 10.6 Å². The fourth-order valence-electron chi connectivity index (χ4n) is 2.85. The molecule has 2 N–H and O–H groups in total. The van der Waals surface area contributed by atoms with E-state index in [1.807, 2.05) is 30.3 Å². The van der Waals surface area contributed by atoms with Crippen molar-refractivity contribution in [2.45, 2.75) is 6.04 Å². The number of hydrogen-bond acceptors (Lipinski definition) is 3. The fourth-order valence-corrected chi connectivity index (χ4v) is 2.85. The fraction of sp³-hybridized carbons (Fsp3) is 0.316. The highest BCUT2D eigenvalue weighted by molar-refractivity contribution is 5.89. The number of halogens is 1. The summed E-state index contributed by atoms with van der Waals surface area (Å²) in [6.07, 6.45) is 0. The summed E-state index contributed by atoms with van der Waals surface area (Å²) in [5.41, 5.74) is 1.46. The number of nitrogens with zero attached hydrogens (tertiary/aromatic N) is 1. The minimum absolute atomic E-state index is 0.159. The number of morpholine rings is 1. The lowest BCUT2D eigenvalue weighted by Crippen LogP contribution is -2.44. The second-order valence-electron chi connectivity index (χ2n) is 5.99. The molecule has 1 fully saturated rings. The maximum absolute atomic E-state index is 13.3. The van der Waals surface area contributed by atoms with E-state index in [1.165, 1.54) is 12.1 Å². The molecule has 5 nitrogen and oxygen atoms in total. The molecule has 1 aliphatic rings. The number of rotatable bonds is 5. The molecule has 25 heavy (non-hydrogen) atoms. The van der Waals surface area contributed by atoms with Gasteiger partial charge in [0.25, 0.3) is 0 Å². The summed E-state index contributed by atoms with van der Waals surface area (Å²) in [5, 5.41) is 5.68. The SMILES string of the molecule is O=C(Nc1cccc(F)c1)NC(CN1CCOCC1)c1ccccc1. The van der Waals surface area contributed by atoms with Crippen LogP contribution in [-0.4, -0.2) is 43.8 Å². The first kappa shape index (κ1) is 17.4. The molecule has 0 saturated carbocycles. The zero-order valence-corrected chi connectivity index (χ0v) is 14.0. The maximum Gasteiger partial charge on any atom is 0.319 e. The van der Waals surface area contributed by atoms with Crippen molar-refractivity contribution in [3.63, 3.8) is 0 Å². The summed E-state index contributed by atoms with van der Waals surface area (Å²) in [5.74, 6) is -0.384. The second kappa shape index (κ2) is 8.60. The molecule has 1 atom stereocenters. The number of amides is 2. The number of benzene rings is 2. The van der Waals surface area contributed by atoms with Gasteiger partial charge in [0.1, 0.15) is 5.82 Å². The van der Waals surface area contributed by atoms with Gasteiger partial charge in [-0.2, -0.15) is 0 Å². The molecule has 2 aromatic rings. The van der Waals surface area contributed by atoms with Crippen molar-refractivity contribution >= 4 is 11.7 Å². The first-order valence-electron chi connectivity index (χ1n) is 8.39. The van der Waals surface area contributed by atoms with Crippen LogP contribution in [0.2, 0.25) is 0 Å². The second-order valence-corrected chi connectivity index (χ2v) is 5.99. The molecule has 1 unspecified atom stereocenters. The van der Waals surface area contributed by atoms with E-state index in [1.54, 1.807) is 12.1 Å². The van der Waals surface area contributed by atoms with E-state index in [0.717, 1.165) is 18.7 Å². The summed E-state index contributed by atoms with van der Waals surface area (Å²) in [4.78, 5) is 14.6. The Morgan fingerprint density at radius 2 is 1.88 bits per heavy atom. The van der Waals surface area contributed by atoms with Crippen LogP contribution in [0.25, 0.3) is 0 Å². The Kier molecular flexibility index (Phi) is 5.98. The van der Waals surface area contributed by atoms with Crippen molar-refractivity contribution in [1.29, 1.82) is 0 Å². The number of hydrogen-bond donors (Lipinski definition) is 2. The first-order valence-corrected chi connectivity index (χ1v) is 8.39. The van der Waals surface area contributed by atoms with Crippen LogP contribution in [0.4, 0.5) is 14.9 Å². The summed E-state index contributed by atoms with van der Waals surface area (Å²) in [7, 11) is 0. The van der Waals surface area contributed by atoms with E-state index >= 15 is 0 Å². The van der Waals surface area contributed by atoms with Gasteiger partial charge in [0.05, 0.1) is 19.3 Å².